The average Bonchev–Trinajstić information content (AvgIpc) is 4.01. The number of aromatic nitrogens is 2. The molecule has 0 atom stereocenters. The molecule has 2 aromatic heterocycles. The number of hydrogen-bond acceptors (Lipinski definition) is 2. The molecule has 0 bridgehead atoms. The van der Waals surface area contributed by atoms with Gasteiger partial charge < -0.3 is 18.9 Å². The van der Waals surface area contributed by atoms with Gasteiger partial charge in [0.1, 0.15) is 0 Å². The molecule has 0 saturated heterocycles. The summed E-state index contributed by atoms with van der Waals surface area (Å²) >= 11 is 0. The fourth-order valence-electron chi connectivity index (χ4n) is 11.1. The summed E-state index contributed by atoms with van der Waals surface area (Å²) in [4.78, 5) is 4.72. The van der Waals surface area contributed by atoms with Crippen molar-refractivity contribution in [3.05, 3.63) is 303 Å². The fourth-order valence-corrected chi connectivity index (χ4v) is 11.1. The molecular formula is C72H52N4. The van der Waals surface area contributed by atoms with Crippen LogP contribution in [0, 0.1) is 0 Å². The summed E-state index contributed by atoms with van der Waals surface area (Å²) in [5, 5.41) is 3.53. The maximum atomic E-state index is 4.28. The van der Waals surface area contributed by atoms with Gasteiger partial charge in [-0.3, -0.25) is 0 Å². The van der Waals surface area contributed by atoms with Crippen LogP contribution in [0.25, 0.3) is 89.6 Å². The van der Waals surface area contributed by atoms with Crippen molar-refractivity contribution >= 4 is 79.0 Å². The standard InChI is InChI=1S/C72H52N4/c1-3-65-67-49-63(45-47-71(67)75(69(65)4-2)57-23-13-7-14-24-57)73(59-37-29-53(30-38-59)51-19-9-5-10-20-51)61-41-33-55(34-42-61)56-35-43-62(44-36-56)74(60-39-31-54(32-40-60)52-21-11-6-12-22-52)64-46-48-72-68(50-64)66-27-17-18-28-70(66)76(72)58-25-15-8-16-26-58/h3-50H,1-2H2. The molecule has 4 heteroatoms. The molecule has 360 valence electrons. The molecule has 0 fully saturated rings. The van der Waals surface area contributed by atoms with E-state index in [1.807, 2.05) is 18.2 Å². The van der Waals surface area contributed by atoms with Gasteiger partial charge in [-0.2, -0.15) is 0 Å². The Morgan fingerprint density at radius 3 is 1.01 bits per heavy atom. The van der Waals surface area contributed by atoms with Crippen molar-refractivity contribution < 1.29 is 0 Å². The van der Waals surface area contributed by atoms with Crippen LogP contribution in [0.4, 0.5) is 34.1 Å². The minimum atomic E-state index is 1.01. The van der Waals surface area contributed by atoms with Crippen molar-refractivity contribution in [2.75, 3.05) is 9.80 Å². The smallest absolute Gasteiger partial charge is 0.0542 e. The normalized spacial score (nSPS) is 11.3. The molecule has 0 amide bonds. The van der Waals surface area contributed by atoms with Crippen LogP contribution in [-0.4, -0.2) is 9.13 Å². The van der Waals surface area contributed by atoms with Crippen LogP contribution in [0.15, 0.2) is 292 Å². The second-order valence-electron chi connectivity index (χ2n) is 19.1. The number of para-hydroxylation sites is 3. The summed E-state index contributed by atoms with van der Waals surface area (Å²) in [6.07, 6.45) is 3.88. The Balaban J connectivity index is 0.881. The van der Waals surface area contributed by atoms with E-state index in [2.05, 4.69) is 305 Å². The lowest BCUT2D eigenvalue weighted by molar-refractivity contribution is 1.11. The number of hydrogen-bond donors (Lipinski definition) is 0. The summed E-state index contributed by atoms with van der Waals surface area (Å²) in [7, 11) is 0. The third-order valence-electron chi connectivity index (χ3n) is 14.7. The summed E-state index contributed by atoms with van der Waals surface area (Å²) < 4.78 is 4.64. The van der Waals surface area contributed by atoms with Gasteiger partial charge in [0.05, 0.1) is 22.2 Å². The van der Waals surface area contributed by atoms with Crippen LogP contribution < -0.4 is 9.80 Å². The zero-order chi connectivity index (χ0) is 51.0. The van der Waals surface area contributed by atoms with E-state index in [1.165, 1.54) is 44.1 Å². The zero-order valence-corrected chi connectivity index (χ0v) is 41.9. The predicted octanol–water partition coefficient (Wildman–Crippen LogP) is 20.0. The van der Waals surface area contributed by atoms with Gasteiger partial charge in [0, 0.05) is 67.2 Å². The van der Waals surface area contributed by atoms with Gasteiger partial charge in [0.25, 0.3) is 0 Å². The highest BCUT2D eigenvalue weighted by atomic mass is 15.1. The molecule has 0 N–H and O–H groups in total. The van der Waals surface area contributed by atoms with E-state index in [9.17, 15) is 0 Å². The van der Waals surface area contributed by atoms with Crippen LogP contribution in [0.1, 0.15) is 11.3 Å². The van der Waals surface area contributed by atoms with Gasteiger partial charge in [-0.15, -0.1) is 0 Å². The molecule has 76 heavy (non-hydrogen) atoms. The molecule has 0 aliphatic rings. The summed E-state index contributed by atoms with van der Waals surface area (Å²) in [6, 6.07) is 100. The van der Waals surface area contributed by atoms with Gasteiger partial charge in [-0.05, 0) is 155 Å². The SMILES string of the molecule is C=Cc1c(C=C)n(-c2ccccc2)c2ccc(N(c3ccc(-c4ccccc4)cc3)c3ccc(-c4ccc(N(c5ccc(-c6ccccc6)cc5)c5ccc6c(c5)c5ccccc5n6-c5ccccc5)cc4)cc3)cc12. The zero-order valence-electron chi connectivity index (χ0n) is 41.9. The van der Waals surface area contributed by atoms with Gasteiger partial charge in [-0.1, -0.05) is 183 Å². The molecule has 4 nitrogen and oxygen atoms in total. The van der Waals surface area contributed by atoms with Gasteiger partial charge in [0.15, 0.2) is 0 Å². The lowest BCUT2D eigenvalue weighted by atomic mass is 10.0. The minimum Gasteiger partial charge on any atom is -0.310 e. The van der Waals surface area contributed by atoms with E-state index >= 15 is 0 Å². The first kappa shape index (κ1) is 45.7. The Kier molecular flexibility index (Phi) is 11.8. The lowest BCUT2D eigenvalue weighted by Crippen LogP contribution is -2.10. The number of fused-ring (bicyclic) bond motifs is 4. The van der Waals surface area contributed by atoms with Crippen molar-refractivity contribution in [3.8, 4) is 44.8 Å². The lowest BCUT2D eigenvalue weighted by Gasteiger charge is -2.27. The quantitative estimate of drug-likeness (QED) is 0.114. The Morgan fingerprint density at radius 1 is 0.263 bits per heavy atom. The van der Waals surface area contributed by atoms with E-state index < -0.39 is 0 Å². The van der Waals surface area contributed by atoms with Crippen LogP contribution >= 0.6 is 0 Å². The van der Waals surface area contributed by atoms with Crippen molar-refractivity contribution in [1.29, 1.82) is 0 Å². The first-order valence-corrected chi connectivity index (χ1v) is 25.8. The minimum absolute atomic E-state index is 1.01. The first-order chi connectivity index (χ1) is 37.6. The highest BCUT2D eigenvalue weighted by molar-refractivity contribution is 6.11. The molecule has 0 spiro atoms. The van der Waals surface area contributed by atoms with Gasteiger partial charge >= 0.3 is 0 Å². The van der Waals surface area contributed by atoms with Crippen LogP contribution in [-0.2, 0) is 0 Å². The maximum absolute atomic E-state index is 4.28. The van der Waals surface area contributed by atoms with Crippen molar-refractivity contribution in [2.45, 2.75) is 0 Å². The molecule has 2 heterocycles. The maximum Gasteiger partial charge on any atom is 0.0542 e. The number of anilines is 6. The van der Waals surface area contributed by atoms with E-state index in [4.69, 9.17) is 0 Å². The highest BCUT2D eigenvalue weighted by Gasteiger charge is 2.21. The van der Waals surface area contributed by atoms with E-state index in [0.29, 0.717) is 0 Å². The Labute approximate surface area is 443 Å². The van der Waals surface area contributed by atoms with Crippen LogP contribution in [0.5, 0.6) is 0 Å². The molecule has 0 unspecified atom stereocenters. The predicted molar refractivity (Wildman–Crippen MR) is 323 cm³/mol. The third kappa shape index (κ3) is 8.25. The summed E-state index contributed by atoms with van der Waals surface area (Å²) in [6.45, 7) is 8.52. The van der Waals surface area contributed by atoms with Crippen molar-refractivity contribution in [2.24, 2.45) is 0 Å². The molecular weight excluding hydrogens is 921 g/mol. The highest BCUT2D eigenvalue weighted by Crippen LogP contribution is 2.43. The van der Waals surface area contributed by atoms with Gasteiger partial charge in [-0.25, -0.2) is 0 Å². The Morgan fingerprint density at radius 2 is 0.592 bits per heavy atom. The Hall–Kier alpha value is -10.2. The molecule has 13 rings (SSSR count). The van der Waals surface area contributed by atoms with Crippen LogP contribution in [0.2, 0.25) is 0 Å². The van der Waals surface area contributed by atoms with Crippen LogP contribution in [0.3, 0.4) is 0 Å². The summed E-state index contributed by atoms with van der Waals surface area (Å²) in [5.74, 6) is 0. The topological polar surface area (TPSA) is 16.3 Å². The molecule has 0 saturated carbocycles. The third-order valence-corrected chi connectivity index (χ3v) is 14.7. The number of rotatable bonds is 13. The first-order valence-electron chi connectivity index (χ1n) is 25.8. The van der Waals surface area contributed by atoms with E-state index in [-0.39, 0.29) is 0 Å². The van der Waals surface area contributed by atoms with Crippen molar-refractivity contribution in [3.63, 3.8) is 0 Å². The molecule has 11 aromatic carbocycles. The van der Waals surface area contributed by atoms with Gasteiger partial charge in [0.2, 0.25) is 0 Å². The van der Waals surface area contributed by atoms with E-state index in [1.54, 1.807) is 0 Å². The second-order valence-corrected chi connectivity index (χ2v) is 19.1. The number of benzene rings is 11. The molecule has 13 aromatic rings. The Bertz CT molecular complexity index is 4200. The molecule has 0 aliphatic carbocycles. The summed E-state index contributed by atoms with van der Waals surface area (Å²) in [5.41, 5.74) is 21.1. The monoisotopic (exact) mass is 972 g/mol. The molecule has 0 aliphatic heterocycles. The number of nitrogens with zero attached hydrogens (tertiary/aromatic N) is 4. The average molecular weight is 973 g/mol. The van der Waals surface area contributed by atoms with E-state index in [0.717, 1.165) is 78.8 Å². The van der Waals surface area contributed by atoms with Crippen molar-refractivity contribution in [1.82, 2.24) is 9.13 Å². The largest absolute Gasteiger partial charge is 0.310 e. The fraction of sp³-hybridized carbons (Fsp3) is 0. The second kappa shape index (κ2) is 19.7. The molecule has 0 radical (unpaired) electrons.